The smallest absolute Gasteiger partial charge is 0.256 e. The molecule has 1 atom stereocenters. The molecule has 0 aromatic heterocycles. The van der Waals surface area contributed by atoms with E-state index >= 15 is 0 Å². The van der Waals surface area contributed by atoms with Gasteiger partial charge in [0, 0.05) is 25.3 Å². The molecular weight excluding hydrogens is 405 g/mol. The third-order valence-electron chi connectivity index (χ3n) is 5.71. The monoisotopic (exact) mass is 439 g/mol. The molecule has 0 spiro atoms. The van der Waals surface area contributed by atoms with Crippen molar-refractivity contribution in [2.45, 2.75) is 65.7 Å². The van der Waals surface area contributed by atoms with Crippen LogP contribution in [0, 0.1) is 11.7 Å². The molecule has 2 heterocycles. The maximum absolute atomic E-state index is 14.7. The first-order valence-electron chi connectivity index (χ1n) is 11.4. The van der Waals surface area contributed by atoms with Crippen LogP contribution in [-0.4, -0.2) is 42.0 Å². The summed E-state index contributed by atoms with van der Waals surface area (Å²) in [6.45, 7) is 10.3. The minimum atomic E-state index is -0.480. The molecule has 1 amide bonds. The number of dihydropyridines is 1. The van der Waals surface area contributed by atoms with E-state index in [4.69, 9.17) is 0 Å². The molecule has 0 fully saturated rings. The number of carbonyl (C=O) groups excluding carboxylic acids is 1. The normalized spacial score (nSPS) is 19.0. The molecule has 1 aromatic rings. The zero-order valence-corrected chi connectivity index (χ0v) is 19.4. The van der Waals surface area contributed by atoms with Crippen molar-refractivity contribution in [3.8, 4) is 0 Å². The summed E-state index contributed by atoms with van der Waals surface area (Å²) in [6, 6.07) is 3.63. The summed E-state index contributed by atoms with van der Waals surface area (Å²) in [6.07, 6.45) is 11.2. The minimum Gasteiger partial charge on any atom is -0.361 e. The Morgan fingerprint density at radius 3 is 2.84 bits per heavy atom. The number of carbonyl (C=O) groups is 1. The highest BCUT2D eigenvalue weighted by atomic mass is 19.1. The predicted octanol–water partition coefficient (Wildman–Crippen LogP) is 4.18. The van der Waals surface area contributed by atoms with Gasteiger partial charge in [-0.2, -0.15) is 10.2 Å². The fraction of sp³-hybridized carbons (Fsp3) is 0.480. The van der Waals surface area contributed by atoms with Crippen molar-refractivity contribution in [1.29, 1.82) is 0 Å². The third-order valence-corrected chi connectivity index (χ3v) is 5.71. The second-order valence-electron chi connectivity index (χ2n) is 9.03. The summed E-state index contributed by atoms with van der Waals surface area (Å²) in [5.74, 6) is -0.289. The number of rotatable bonds is 8. The van der Waals surface area contributed by atoms with E-state index in [1.54, 1.807) is 24.6 Å². The van der Waals surface area contributed by atoms with Gasteiger partial charge in [0.2, 0.25) is 0 Å². The molecule has 32 heavy (non-hydrogen) atoms. The zero-order valence-electron chi connectivity index (χ0n) is 19.4. The summed E-state index contributed by atoms with van der Waals surface area (Å²) >= 11 is 0. The molecule has 0 bridgehead atoms. The van der Waals surface area contributed by atoms with Crippen LogP contribution in [0.1, 0.15) is 62.0 Å². The van der Waals surface area contributed by atoms with Gasteiger partial charge < -0.3 is 10.6 Å². The molecule has 0 radical (unpaired) electrons. The lowest BCUT2D eigenvalue weighted by Gasteiger charge is -2.32. The lowest BCUT2D eigenvalue weighted by molar-refractivity contribution is 0.0936. The van der Waals surface area contributed by atoms with Crippen LogP contribution < -0.4 is 10.6 Å². The lowest BCUT2D eigenvalue weighted by Crippen LogP contribution is -2.45. The van der Waals surface area contributed by atoms with Crippen LogP contribution in [0.3, 0.4) is 0 Å². The molecule has 1 aromatic carbocycles. The Bertz CT molecular complexity index is 933. The van der Waals surface area contributed by atoms with Crippen LogP contribution in [0.2, 0.25) is 0 Å². The SMILES string of the molecule is CC(C)CC/C=N/N=C/C1=CC=CC(NC(=O)c2cc3c(cc2F)CCN(C(C)C)C3)N1. The second-order valence-corrected chi connectivity index (χ2v) is 9.03. The highest BCUT2D eigenvalue weighted by molar-refractivity contribution is 5.95. The molecule has 172 valence electrons. The largest absolute Gasteiger partial charge is 0.361 e. The molecule has 6 nitrogen and oxygen atoms in total. The summed E-state index contributed by atoms with van der Waals surface area (Å²) in [5.41, 5.74) is 2.80. The number of amides is 1. The maximum Gasteiger partial charge on any atom is 0.256 e. The molecular formula is C25H34FN5O. The van der Waals surface area contributed by atoms with Crippen molar-refractivity contribution in [2.24, 2.45) is 16.1 Å². The van der Waals surface area contributed by atoms with Gasteiger partial charge in [0.25, 0.3) is 5.91 Å². The van der Waals surface area contributed by atoms with Crippen LogP contribution in [-0.2, 0) is 13.0 Å². The molecule has 3 rings (SSSR count). The Kier molecular flexibility index (Phi) is 8.33. The van der Waals surface area contributed by atoms with Crippen LogP contribution in [0.5, 0.6) is 0 Å². The van der Waals surface area contributed by atoms with E-state index in [1.165, 1.54) is 6.07 Å². The Hall–Kier alpha value is -2.80. The van der Waals surface area contributed by atoms with Crippen LogP contribution in [0.4, 0.5) is 4.39 Å². The van der Waals surface area contributed by atoms with Crippen molar-refractivity contribution in [3.63, 3.8) is 0 Å². The fourth-order valence-electron chi connectivity index (χ4n) is 3.75. The van der Waals surface area contributed by atoms with Gasteiger partial charge in [0.1, 0.15) is 12.0 Å². The summed E-state index contributed by atoms with van der Waals surface area (Å²) < 4.78 is 14.7. The van der Waals surface area contributed by atoms with E-state index in [2.05, 4.69) is 53.4 Å². The van der Waals surface area contributed by atoms with E-state index in [0.717, 1.165) is 49.2 Å². The fourth-order valence-corrected chi connectivity index (χ4v) is 3.75. The highest BCUT2D eigenvalue weighted by Gasteiger charge is 2.23. The van der Waals surface area contributed by atoms with E-state index < -0.39 is 17.9 Å². The summed E-state index contributed by atoms with van der Waals surface area (Å²) in [4.78, 5) is 15.1. The molecule has 2 aliphatic rings. The molecule has 2 N–H and O–H groups in total. The standard InChI is InChI=1S/C25H34FN5O/c1-17(2)7-6-11-27-28-15-21-8-5-9-24(29-21)30-25(32)22-13-20-16-31(18(3)4)12-10-19(20)14-23(22)26/h5,8-9,11,13-15,17-18,24,29H,6-7,10,12,16H2,1-4H3,(H,30,32)/b27-11+,28-15+. The molecule has 7 heteroatoms. The first-order valence-corrected chi connectivity index (χ1v) is 11.4. The van der Waals surface area contributed by atoms with Crippen molar-refractivity contribution >= 4 is 18.3 Å². The van der Waals surface area contributed by atoms with Gasteiger partial charge in [-0.3, -0.25) is 9.69 Å². The van der Waals surface area contributed by atoms with Gasteiger partial charge >= 0.3 is 0 Å². The van der Waals surface area contributed by atoms with Crippen molar-refractivity contribution in [3.05, 3.63) is 58.6 Å². The molecule has 0 saturated carbocycles. The Labute approximate surface area is 190 Å². The van der Waals surface area contributed by atoms with Gasteiger partial charge in [-0.05, 0) is 74.4 Å². The molecule has 0 saturated heterocycles. The number of allylic oxidation sites excluding steroid dienone is 3. The first-order chi connectivity index (χ1) is 15.3. The van der Waals surface area contributed by atoms with Gasteiger partial charge in [0.15, 0.2) is 0 Å². The maximum atomic E-state index is 14.7. The topological polar surface area (TPSA) is 69.1 Å². The number of halogens is 1. The minimum absolute atomic E-state index is 0.0732. The van der Waals surface area contributed by atoms with E-state index in [-0.39, 0.29) is 5.56 Å². The van der Waals surface area contributed by atoms with Crippen LogP contribution in [0.15, 0.2) is 46.3 Å². The average Bonchev–Trinajstić information content (AvgIpc) is 2.75. The number of benzene rings is 1. The van der Waals surface area contributed by atoms with Crippen LogP contribution >= 0.6 is 0 Å². The number of hydrogen-bond donors (Lipinski definition) is 2. The van der Waals surface area contributed by atoms with Crippen molar-refractivity contribution < 1.29 is 9.18 Å². The summed E-state index contributed by atoms with van der Waals surface area (Å²) in [7, 11) is 0. The molecule has 2 aliphatic heterocycles. The van der Waals surface area contributed by atoms with Crippen LogP contribution in [0.25, 0.3) is 0 Å². The van der Waals surface area contributed by atoms with Crippen molar-refractivity contribution in [2.75, 3.05) is 6.54 Å². The zero-order chi connectivity index (χ0) is 23.1. The van der Waals surface area contributed by atoms with E-state index in [9.17, 15) is 9.18 Å². The Morgan fingerprint density at radius 2 is 2.09 bits per heavy atom. The Morgan fingerprint density at radius 1 is 1.28 bits per heavy atom. The number of nitrogens with one attached hydrogen (secondary N) is 2. The van der Waals surface area contributed by atoms with Gasteiger partial charge in [-0.15, -0.1) is 0 Å². The Balaban J connectivity index is 1.59. The van der Waals surface area contributed by atoms with Gasteiger partial charge in [-0.25, -0.2) is 4.39 Å². The van der Waals surface area contributed by atoms with Crippen molar-refractivity contribution in [1.82, 2.24) is 15.5 Å². The third kappa shape index (κ3) is 6.60. The molecule has 1 unspecified atom stereocenters. The number of hydrogen-bond acceptors (Lipinski definition) is 5. The van der Waals surface area contributed by atoms with E-state index in [1.807, 2.05) is 12.2 Å². The second kappa shape index (κ2) is 11.2. The highest BCUT2D eigenvalue weighted by Crippen LogP contribution is 2.24. The van der Waals surface area contributed by atoms with Gasteiger partial charge in [-0.1, -0.05) is 19.9 Å². The number of nitrogens with zero attached hydrogens (tertiary/aromatic N) is 3. The number of fused-ring (bicyclic) bond motifs is 1. The summed E-state index contributed by atoms with van der Waals surface area (Å²) in [5, 5.41) is 14.1. The predicted molar refractivity (Wildman–Crippen MR) is 128 cm³/mol. The van der Waals surface area contributed by atoms with E-state index in [0.29, 0.717) is 12.0 Å². The molecule has 0 aliphatic carbocycles. The lowest BCUT2D eigenvalue weighted by atomic mass is 9.96. The quantitative estimate of drug-likeness (QED) is 0.472. The first kappa shape index (κ1) is 23.9. The van der Waals surface area contributed by atoms with Gasteiger partial charge in [0.05, 0.1) is 17.5 Å². The average molecular weight is 440 g/mol.